The Hall–Kier alpha value is -1.71. The average Bonchev–Trinajstić information content (AvgIpc) is 2.24. The zero-order valence-corrected chi connectivity index (χ0v) is 9.16. The Morgan fingerprint density at radius 2 is 2.07 bits per heavy atom. The molecule has 0 bridgehead atoms. The fraction of sp³-hybridized carbons (Fsp3) is 0.364. The first-order valence-electron chi connectivity index (χ1n) is 4.58. The Labute approximate surface area is 89.0 Å². The summed E-state index contributed by atoms with van der Waals surface area (Å²) < 4.78 is 9.69. The van der Waals surface area contributed by atoms with Crippen LogP contribution in [0.1, 0.15) is 11.1 Å². The van der Waals surface area contributed by atoms with Crippen LogP contribution in [0, 0.1) is 6.92 Å². The predicted octanol–water partition coefficient (Wildman–Crippen LogP) is 1.30. The molecule has 4 nitrogen and oxygen atoms in total. The molecule has 0 aromatic heterocycles. The van der Waals surface area contributed by atoms with Crippen LogP contribution in [0.2, 0.25) is 0 Å². The van der Waals surface area contributed by atoms with Crippen molar-refractivity contribution in [3.8, 4) is 5.75 Å². The minimum atomic E-state index is -0.311. The third-order valence-corrected chi connectivity index (χ3v) is 2.24. The van der Waals surface area contributed by atoms with Gasteiger partial charge < -0.3 is 15.2 Å². The van der Waals surface area contributed by atoms with Crippen molar-refractivity contribution in [2.24, 2.45) is 0 Å². The van der Waals surface area contributed by atoms with Gasteiger partial charge in [0.2, 0.25) is 0 Å². The number of benzene rings is 1. The molecule has 0 radical (unpaired) electrons. The lowest BCUT2D eigenvalue weighted by Crippen LogP contribution is -2.08. The summed E-state index contributed by atoms with van der Waals surface area (Å²) in [6.45, 7) is 1.87. The molecule has 0 fully saturated rings. The molecule has 0 aliphatic rings. The molecule has 0 amide bonds. The Kier molecular flexibility index (Phi) is 3.55. The number of rotatable bonds is 3. The Morgan fingerprint density at radius 1 is 1.40 bits per heavy atom. The number of hydrogen-bond donors (Lipinski definition) is 1. The van der Waals surface area contributed by atoms with Gasteiger partial charge in [0.25, 0.3) is 0 Å². The van der Waals surface area contributed by atoms with Gasteiger partial charge in [-0.25, -0.2) is 0 Å². The van der Waals surface area contributed by atoms with E-state index >= 15 is 0 Å². The monoisotopic (exact) mass is 209 g/mol. The van der Waals surface area contributed by atoms with Crippen LogP contribution in [0.4, 0.5) is 5.69 Å². The number of methoxy groups -OCH3 is 2. The van der Waals surface area contributed by atoms with Gasteiger partial charge in [-0.15, -0.1) is 0 Å². The summed E-state index contributed by atoms with van der Waals surface area (Å²) in [4.78, 5) is 11.1. The number of nitrogens with two attached hydrogens (primary N) is 1. The summed E-state index contributed by atoms with van der Waals surface area (Å²) in [5, 5.41) is 0. The maximum absolute atomic E-state index is 11.1. The highest BCUT2D eigenvalue weighted by atomic mass is 16.5. The molecule has 15 heavy (non-hydrogen) atoms. The van der Waals surface area contributed by atoms with E-state index in [9.17, 15) is 4.79 Å². The molecule has 0 atom stereocenters. The number of hydrogen-bond acceptors (Lipinski definition) is 4. The van der Waals surface area contributed by atoms with Crippen LogP contribution in [-0.2, 0) is 16.0 Å². The lowest BCUT2D eigenvalue weighted by Gasteiger charge is -2.10. The molecule has 0 saturated heterocycles. The highest BCUT2D eigenvalue weighted by Crippen LogP contribution is 2.24. The van der Waals surface area contributed by atoms with Crippen LogP contribution in [0.25, 0.3) is 0 Å². The average molecular weight is 209 g/mol. The highest BCUT2D eigenvalue weighted by Gasteiger charge is 2.10. The third kappa shape index (κ3) is 2.62. The van der Waals surface area contributed by atoms with Crippen LogP contribution < -0.4 is 10.5 Å². The van der Waals surface area contributed by atoms with E-state index in [1.165, 1.54) is 7.11 Å². The van der Waals surface area contributed by atoms with Crippen molar-refractivity contribution in [1.29, 1.82) is 0 Å². The molecule has 82 valence electrons. The Morgan fingerprint density at radius 3 is 2.60 bits per heavy atom. The minimum Gasteiger partial charge on any atom is -0.497 e. The van der Waals surface area contributed by atoms with Gasteiger partial charge in [0.05, 0.1) is 20.6 Å². The van der Waals surface area contributed by atoms with E-state index in [4.69, 9.17) is 10.5 Å². The van der Waals surface area contributed by atoms with E-state index in [0.29, 0.717) is 11.4 Å². The van der Waals surface area contributed by atoms with Crippen LogP contribution in [-0.4, -0.2) is 20.2 Å². The highest BCUT2D eigenvalue weighted by molar-refractivity contribution is 5.75. The van der Waals surface area contributed by atoms with Crippen molar-refractivity contribution in [3.05, 3.63) is 23.3 Å². The van der Waals surface area contributed by atoms with Crippen LogP contribution in [0.5, 0.6) is 5.75 Å². The molecule has 1 rings (SSSR count). The first-order chi connectivity index (χ1) is 7.08. The van der Waals surface area contributed by atoms with Gasteiger partial charge in [-0.05, 0) is 30.2 Å². The molecule has 0 heterocycles. The maximum atomic E-state index is 11.1. The first kappa shape index (κ1) is 11.4. The topological polar surface area (TPSA) is 61.5 Å². The van der Waals surface area contributed by atoms with Gasteiger partial charge in [0.15, 0.2) is 0 Å². The van der Waals surface area contributed by atoms with Crippen LogP contribution in [0.3, 0.4) is 0 Å². The van der Waals surface area contributed by atoms with E-state index in [-0.39, 0.29) is 12.4 Å². The fourth-order valence-corrected chi connectivity index (χ4v) is 1.33. The van der Waals surface area contributed by atoms with E-state index < -0.39 is 0 Å². The van der Waals surface area contributed by atoms with Crippen LogP contribution in [0.15, 0.2) is 12.1 Å². The van der Waals surface area contributed by atoms with Crippen molar-refractivity contribution in [3.63, 3.8) is 0 Å². The SMILES string of the molecule is COC(=O)Cc1cc(OC)cc(C)c1N. The van der Waals surface area contributed by atoms with Gasteiger partial charge in [-0.3, -0.25) is 4.79 Å². The lowest BCUT2D eigenvalue weighted by atomic mass is 10.1. The number of carbonyl (C=O) groups is 1. The van der Waals surface area contributed by atoms with Gasteiger partial charge in [0, 0.05) is 5.69 Å². The largest absolute Gasteiger partial charge is 0.497 e. The predicted molar refractivity (Wildman–Crippen MR) is 57.9 cm³/mol. The molecule has 1 aromatic rings. The molecular weight excluding hydrogens is 194 g/mol. The number of carbonyl (C=O) groups excluding carboxylic acids is 1. The Bertz CT molecular complexity index is 374. The van der Waals surface area contributed by atoms with E-state index in [1.807, 2.05) is 13.0 Å². The summed E-state index contributed by atoms with van der Waals surface area (Å²) in [5.74, 6) is 0.384. The van der Waals surface area contributed by atoms with Crippen molar-refractivity contribution in [1.82, 2.24) is 0 Å². The zero-order chi connectivity index (χ0) is 11.4. The summed E-state index contributed by atoms with van der Waals surface area (Å²) in [6.07, 6.45) is 0.167. The molecule has 0 saturated carbocycles. The lowest BCUT2D eigenvalue weighted by molar-refractivity contribution is -0.139. The summed E-state index contributed by atoms with van der Waals surface area (Å²) in [6, 6.07) is 3.58. The normalized spacial score (nSPS) is 9.80. The molecule has 0 spiro atoms. The van der Waals surface area contributed by atoms with E-state index in [1.54, 1.807) is 13.2 Å². The molecule has 4 heteroatoms. The summed E-state index contributed by atoms with van der Waals surface area (Å²) in [7, 11) is 2.93. The van der Waals surface area contributed by atoms with Gasteiger partial charge >= 0.3 is 5.97 Å². The van der Waals surface area contributed by atoms with Gasteiger partial charge in [-0.2, -0.15) is 0 Å². The quantitative estimate of drug-likeness (QED) is 0.602. The number of aryl methyl sites for hydroxylation is 1. The second kappa shape index (κ2) is 4.68. The zero-order valence-electron chi connectivity index (χ0n) is 9.16. The van der Waals surface area contributed by atoms with Crippen molar-refractivity contribution in [2.75, 3.05) is 20.0 Å². The standard InChI is InChI=1S/C11H15NO3/c1-7-4-9(14-2)5-8(11(7)12)6-10(13)15-3/h4-5H,6,12H2,1-3H3. The molecular formula is C11H15NO3. The maximum Gasteiger partial charge on any atom is 0.310 e. The smallest absolute Gasteiger partial charge is 0.310 e. The molecule has 2 N–H and O–H groups in total. The second-order valence-electron chi connectivity index (χ2n) is 3.27. The van der Waals surface area contributed by atoms with Gasteiger partial charge in [0.1, 0.15) is 5.75 Å². The van der Waals surface area contributed by atoms with E-state index in [0.717, 1.165) is 11.1 Å². The van der Waals surface area contributed by atoms with Crippen LogP contribution >= 0.6 is 0 Å². The number of nitrogen functional groups attached to an aromatic ring is 1. The number of esters is 1. The minimum absolute atomic E-state index is 0.167. The van der Waals surface area contributed by atoms with Gasteiger partial charge in [-0.1, -0.05) is 0 Å². The second-order valence-corrected chi connectivity index (χ2v) is 3.27. The summed E-state index contributed by atoms with van der Waals surface area (Å²) >= 11 is 0. The van der Waals surface area contributed by atoms with Crippen molar-refractivity contribution >= 4 is 11.7 Å². The number of anilines is 1. The fourth-order valence-electron chi connectivity index (χ4n) is 1.33. The van der Waals surface area contributed by atoms with Crippen molar-refractivity contribution in [2.45, 2.75) is 13.3 Å². The number of ether oxygens (including phenoxy) is 2. The molecule has 0 unspecified atom stereocenters. The van der Waals surface area contributed by atoms with Crippen molar-refractivity contribution < 1.29 is 14.3 Å². The molecule has 0 aliphatic carbocycles. The first-order valence-corrected chi connectivity index (χ1v) is 4.58. The Balaban J connectivity index is 3.05. The molecule has 1 aromatic carbocycles. The third-order valence-electron chi connectivity index (χ3n) is 2.24. The molecule has 0 aliphatic heterocycles. The summed E-state index contributed by atoms with van der Waals surface area (Å²) in [5.41, 5.74) is 8.09. The van der Waals surface area contributed by atoms with E-state index in [2.05, 4.69) is 4.74 Å².